The van der Waals surface area contributed by atoms with E-state index < -0.39 is 0 Å². The predicted molar refractivity (Wildman–Crippen MR) is 261 cm³/mol. The van der Waals surface area contributed by atoms with Gasteiger partial charge in [0.2, 0.25) is 0 Å². The van der Waals surface area contributed by atoms with Gasteiger partial charge in [-0.15, -0.1) is 69.1 Å². The average Bonchev–Trinajstić information content (AvgIpc) is 3.89. The number of phenols is 2. The predicted octanol–water partition coefficient (Wildman–Crippen LogP) is 15.7. The molecule has 8 aromatic carbocycles. The number of para-hydroxylation sites is 2. The zero-order chi connectivity index (χ0) is 41.9. The molecule has 0 saturated carbocycles. The molecule has 0 amide bonds. The van der Waals surface area contributed by atoms with Crippen molar-refractivity contribution in [3.05, 3.63) is 206 Å². The number of rotatable bonds is 8. The van der Waals surface area contributed by atoms with Gasteiger partial charge >= 0.3 is 30.2 Å². The van der Waals surface area contributed by atoms with Crippen molar-refractivity contribution in [2.45, 2.75) is 80.1 Å². The number of aryl methyl sites for hydroxylation is 6. The second-order valence-electron chi connectivity index (χ2n) is 14.8. The van der Waals surface area contributed by atoms with E-state index in [-0.39, 0.29) is 14.9 Å². The molecule has 60 heavy (non-hydrogen) atoms. The van der Waals surface area contributed by atoms with Crippen molar-refractivity contribution in [2.75, 3.05) is 0 Å². The summed E-state index contributed by atoms with van der Waals surface area (Å²) in [7, 11) is 0. The van der Waals surface area contributed by atoms with Crippen molar-refractivity contribution in [3.8, 4) is 33.8 Å². The van der Waals surface area contributed by atoms with Crippen LogP contribution < -0.4 is 0 Å². The first-order valence-electron chi connectivity index (χ1n) is 20.4. The minimum atomic E-state index is 0. The van der Waals surface area contributed by atoms with Crippen molar-refractivity contribution >= 4 is 28.4 Å². The zero-order valence-electron chi connectivity index (χ0n) is 37.1. The molecular formula is C56H64O2SiZr-4. The molecule has 0 bridgehead atoms. The first kappa shape index (κ1) is 51.4. The second-order valence-corrected chi connectivity index (χ2v) is 14.8. The Bertz CT molecular complexity index is 2210. The molecular weight excluding hydrogens is 824 g/mol. The van der Waals surface area contributed by atoms with Crippen LogP contribution in [-0.4, -0.2) is 17.1 Å². The number of hydrogen-bond acceptors (Lipinski definition) is 2. The van der Waals surface area contributed by atoms with Gasteiger partial charge in [0.25, 0.3) is 0 Å². The fourth-order valence-corrected chi connectivity index (χ4v) is 6.99. The normalized spacial score (nSPS) is 9.88. The summed E-state index contributed by atoms with van der Waals surface area (Å²) < 4.78 is 0. The van der Waals surface area contributed by atoms with Gasteiger partial charge in [-0.3, -0.25) is 0 Å². The first-order valence-corrected chi connectivity index (χ1v) is 24.6. The van der Waals surface area contributed by atoms with E-state index in [2.05, 4.69) is 142 Å². The Morgan fingerprint density at radius 1 is 0.450 bits per heavy atom. The van der Waals surface area contributed by atoms with Gasteiger partial charge in [0.15, 0.2) is 0 Å². The van der Waals surface area contributed by atoms with Crippen LogP contribution in [0.4, 0.5) is 0 Å². The first-order chi connectivity index (χ1) is 28.2. The van der Waals surface area contributed by atoms with Gasteiger partial charge in [-0.05, 0) is 73.9 Å². The van der Waals surface area contributed by atoms with Crippen LogP contribution in [0, 0.1) is 42.5 Å². The molecule has 0 aromatic heterocycles. The third-order valence-corrected chi connectivity index (χ3v) is 10.3. The number of hydrogen-bond donors (Lipinski definition) is 2. The van der Waals surface area contributed by atoms with Crippen LogP contribution >= 0.6 is 0 Å². The molecule has 0 unspecified atom stereocenters. The fourth-order valence-electron chi connectivity index (χ4n) is 6.99. The van der Waals surface area contributed by atoms with Gasteiger partial charge in [0.1, 0.15) is 11.5 Å². The van der Waals surface area contributed by atoms with Gasteiger partial charge in [0.05, 0.1) is 0 Å². The van der Waals surface area contributed by atoms with Crippen LogP contribution in [0.15, 0.2) is 158 Å². The second kappa shape index (κ2) is 27.2. The topological polar surface area (TPSA) is 40.5 Å². The van der Waals surface area contributed by atoms with Gasteiger partial charge in [0, 0.05) is 0 Å². The SMILES string of the molecule is CCCCc1cc2c(-c3ccccc3)cccc2[cH-]1.CCCCc1cc2c(-c3ccccc3)cccc2[cH-]1.Cc1cccc(C)c1O.Cc1cccc(C)c1O.[CH3-].[CH3-].[Si]=[Zr]. The summed E-state index contributed by atoms with van der Waals surface area (Å²) in [6.45, 7) is 15.1. The third-order valence-electron chi connectivity index (χ3n) is 10.3. The standard InChI is InChI=1S/2C19H19.2C8H10O.2CH3.Si.Zr/c2*1-2-3-8-15-13-17-11-7-12-18(19(17)14-15)16-9-5-4-6-10-16;2*1-6-4-3-5-7(2)8(6)9;;;;/h2*4-7,9-14H,2-3,8H2,1H3;2*3-5,9H,1-2H3;2*1H3;;/q2*-1;;;2*-1;;. The van der Waals surface area contributed by atoms with Crippen LogP contribution in [0.25, 0.3) is 43.8 Å². The maximum atomic E-state index is 9.21. The molecule has 8 aromatic rings. The number of unbranched alkanes of at least 4 members (excludes halogenated alkanes) is 2. The van der Waals surface area contributed by atoms with E-state index in [1.165, 1.54) is 117 Å². The van der Waals surface area contributed by atoms with Crippen molar-refractivity contribution in [2.24, 2.45) is 0 Å². The molecule has 0 atom stereocenters. The molecule has 0 heterocycles. The molecule has 4 heteroatoms. The monoisotopic (exact) mass is 886 g/mol. The van der Waals surface area contributed by atoms with E-state index in [9.17, 15) is 10.2 Å². The van der Waals surface area contributed by atoms with Crippen molar-refractivity contribution in [3.63, 3.8) is 0 Å². The third kappa shape index (κ3) is 14.8. The summed E-state index contributed by atoms with van der Waals surface area (Å²) in [5.41, 5.74) is 12.0. The summed E-state index contributed by atoms with van der Waals surface area (Å²) in [4.78, 5) is 0. The van der Waals surface area contributed by atoms with Crippen LogP contribution in [-0.2, 0) is 36.2 Å². The molecule has 2 radical (unpaired) electrons. The Labute approximate surface area is 379 Å². The molecule has 0 saturated heterocycles. The van der Waals surface area contributed by atoms with Crippen LogP contribution in [0.1, 0.15) is 72.9 Å². The summed E-state index contributed by atoms with van der Waals surface area (Å²) in [5.74, 6) is 0.829. The van der Waals surface area contributed by atoms with E-state index in [4.69, 9.17) is 0 Å². The van der Waals surface area contributed by atoms with E-state index in [0.717, 1.165) is 22.3 Å². The molecule has 0 spiro atoms. The van der Waals surface area contributed by atoms with E-state index in [1.807, 2.05) is 64.1 Å². The van der Waals surface area contributed by atoms with Crippen LogP contribution in [0.2, 0.25) is 0 Å². The molecule has 0 aliphatic carbocycles. The summed E-state index contributed by atoms with van der Waals surface area (Å²) >= 11 is 1.36. The Morgan fingerprint density at radius 3 is 1.07 bits per heavy atom. The Balaban J connectivity index is 0.000000284. The number of phenolic OH excluding ortho intramolecular Hbond substituents is 2. The molecule has 0 aliphatic rings. The molecule has 2 nitrogen and oxygen atoms in total. The van der Waals surface area contributed by atoms with Crippen molar-refractivity contribution < 1.29 is 33.5 Å². The zero-order valence-corrected chi connectivity index (χ0v) is 40.6. The number of fused-ring (bicyclic) bond motifs is 2. The fraction of sp³-hybridized carbons (Fsp3) is 0.214. The van der Waals surface area contributed by atoms with Gasteiger partial charge in [-0.2, -0.15) is 12.1 Å². The molecule has 0 aliphatic heterocycles. The Morgan fingerprint density at radius 2 is 0.767 bits per heavy atom. The van der Waals surface area contributed by atoms with Gasteiger partial charge < -0.3 is 25.1 Å². The molecule has 8 rings (SSSR count). The van der Waals surface area contributed by atoms with Crippen LogP contribution in [0.5, 0.6) is 11.5 Å². The Hall–Kier alpha value is -4.76. The summed E-state index contributed by atoms with van der Waals surface area (Å²) in [6.07, 6.45) is 7.45. The van der Waals surface area contributed by atoms with Gasteiger partial charge in [-0.1, -0.05) is 160 Å². The van der Waals surface area contributed by atoms with E-state index >= 15 is 0 Å². The van der Waals surface area contributed by atoms with Crippen molar-refractivity contribution in [1.82, 2.24) is 0 Å². The minimum absolute atomic E-state index is 0. The Kier molecular flexibility index (Phi) is 23.3. The average molecular weight is 888 g/mol. The molecule has 0 fully saturated rings. The van der Waals surface area contributed by atoms with E-state index in [1.54, 1.807) is 0 Å². The molecule has 312 valence electrons. The maximum absolute atomic E-state index is 9.21. The van der Waals surface area contributed by atoms with E-state index in [0.29, 0.717) is 11.5 Å². The summed E-state index contributed by atoms with van der Waals surface area (Å²) in [5, 5.41) is 23.9. The number of benzene rings is 6. The number of aromatic hydroxyl groups is 2. The van der Waals surface area contributed by atoms with Gasteiger partial charge in [-0.25, -0.2) is 0 Å². The van der Waals surface area contributed by atoms with Crippen molar-refractivity contribution in [1.29, 1.82) is 0 Å². The quantitative estimate of drug-likeness (QED) is 0.118. The summed E-state index contributed by atoms with van der Waals surface area (Å²) in [6, 6.07) is 55.4. The molecule has 2 N–H and O–H groups in total. The van der Waals surface area contributed by atoms with Crippen LogP contribution in [0.3, 0.4) is 0 Å².